The van der Waals surface area contributed by atoms with E-state index in [2.05, 4.69) is 39.9 Å². The van der Waals surface area contributed by atoms with Crippen molar-refractivity contribution in [1.29, 1.82) is 0 Å². The third kappa shape index (κ3) is 4.62. The van der Waals surface area contributed by atoms with E-state index in [0.29, 0.717) is 0 Å². The molecule has 1 atom stereocenters. The molecule has 1 N–H and O–H groups in total. The van der Waals surface area contributed by atoms with Gasteiger partial charge in [0.25, 0.3) is 0 Å². The Labute approximate surface area is 141 Å². The van der Waals surface area contributed by atoms with Crippen molar-refractivity contribution in [1.82, 2.24) is 5.32 Å². The van der Waals surface area contributed by atoms with Gasteiger partial charge in [0.15, 0.2) is 0 Å². The molecule has 21 heavy (non-hydrogen) atoms. The highest BCUT2D eigenvalue weighted by Gasteiger charge is 2.22. The number of hydrogen-bond acceptors (Lipinski definition) is 3. The first-order valence-electron chi connectivity index (χ1n) is 7.05. The van der Waals surface area contributed by atoms with Crippen LogP contribution in [0.25, 0.3) is 0 Å². The lowest BCUT2D eigenvalue weighted by Gasteiger charge is -2.19. The molecule has 1 aromatic carbocycles. The molecular formula is C16H20Cl2N2S. The van der Waals surface area contributed by atoms with Crippen LogP contribution in [-0.2, 0) is 6.54 Å². The van der Waals surface area contributed by atoms with Crippen LogP contribution < -0.4 is 10.2 Å². The van der Waals surface area contributed by atoms with Gasteiger partial charge in [0.2, 0.25) is 0 Å². The summed E-state index contributed by atoms with van der Waals surface area (Å²) in [4.78, 5) is 3.87. The molecule has 1 aliphatic rings. The Morgan fingerprint density at radius 2 is 2.05 bits per heavy atom. The van der Waals surface area contributed by atoms with Crippen molar-refractivity contribution in [3.05, 3.63) is 51.7 Å². The van der Waals surface area contributed by atoms with Gasteiger partial charge in [-0.3, -0.25) is 0 Å². The molecule has 1 aromatic heterocycles. The second-order valence-electron chi connectivity index (χ2n) is 5.29. The number of benzene rings is 1. The first-order chi connectivity index (χ1) is 9.81. The zero-order chi connectivity index (χ0) is 13.8. The Kier molecular flexibility index (Phi) is 6.37. The number of halogens is 2. The number of nitrogens with one attached hydrogen (secondary N) is 1. The highest BCUT2D eigenvalue weighted by Crippen LogP contribution is 2.24. The van der Waals surface area contributed by atoms with Crippen LogP contribution in [0.5, 0.6) is 0 Å². The van der Waals surface area contributed by atoms with Gasteiger partial charge in [0.05, 0.1) is 0 Å². The predicted octanol–water partition coefficient (Wildman–Crippen LogP) is 4.44. The van der Waals surface area contributed by atoms with Crippen LogP contribution in [0.2, 0.25) is 5.02 Å². The third-order valence-corrected chi connectivity index (χ3v) is 4.92. The van der Waals surface area contributed by atoms with Gasteiger partial charge in [-0.1, -0.05) is 17.7 Å². The van der Waals surface area contributed by atoms with Crippen LogP contribution in [0.15, 0.2) is 41.8 Å². The monoisotopic (exact) mass is 342 g/mol. The van der Waals surface area contributed by atoms with Gasteiger partial charge in [-0.05, 0) is 48.1 Å². The molecule has 2 aromatic rings. The van der Waals surface area contributed by atoms with Crippen molar-refractivity contribution in [3.8, 4) is 0 Å². The fraction of sp³-hybridized carbons (Fsp3) is 0.375. The molecule has 1 fully saturated rings. The van der Waals surface area contributed by atoms with Crippen molar-refractivity contribution in [2.24, 2.45) is 5.92 Å². The van der Waals surface area contributed by atoms with E-state index < -0.39 is 0 Å². The highest BCUT2D eigenvalue weighted by molar-refractivity contribution is 7.09. The van der Waals surface area contributed by atoms with Crippen molar-refractivity contribution < 1.29 is 0 Å². The normalized spacial score (nSPS) is 17.8. The summed E-state index contributed by atoms with van der Waals surface area (Å²) < 4.78 is 0. The van der Waals surface area contributed by atoms with E-state index in [1.165, 1.54) is 17.0 Å². The lowest BCUT2D eigenvalue weighted by atomic mass is 10.1. The van der Waals surface area contributed by atoms with Crippen LogP contribution in [0.4, 0.5) is 5.69 Å². The quantitative estimate of drug-likeness (QED) is 0.863. The van der Waals surface area contributed by atoms with E-state index in [4.69, 9.17) is 11.6 Å². The summed E-state index contributed by atoms with van der Waals surface area (Å²) in [6.07, 6.45) is 1.26. The fourth-order valence-corrected chi connectivity index (χ4v) is 3.50. The van der Waals surface area contributed by atoms with Gasteiger partial charge in [-0.15, -0.1) is 23.7 Å². The maximum atomic E-state index is 5.94. The second-order valence-corrected chi connectivity index (χ2v) is 6.76. The molecule has 3 rings (SSSR count). The Hall–Kier alpha value is -0.740. The molecule has 0 spiro atoms. The highest BCUT2D eigenvalue weighted by atomic mass is 35.5. The summed E-state index contributed by atoms with van der Waals surface area (Å²) in [6, 6.07) is 12.5. The first kappa shape index (κ1) is 16.6. The third-order valence-electron chi connectivity index (χ3n) is 3.79. The SMILES string of the molecule is Cl.Clc1ccc(N2CCC(CNCc3cccs3)C2)cc1. The van der Waals surface area contributed by atoms with Gasteiger partial charge in [-0.25, -0.2) is 0 Å². The molecule has 1 saturated heterocycles. The lowest BCUT2D eigenvalue weighted by molar-refractivity contribution is 0.518. The van der Waals surface area contributed by atoms with E-state index in [1.807, 2.05) is 23.5 Å². The first-order valence-corrected chi connectivity index (χ1v) is 8.30. The number of nitrogens with zero attached hydrogens (tertiary/aromatic N) is 1. The Morgan fingerprint density at radius 3 is 2.76 bits per heavy atom. The minimum atomic E-state index is 0. The molecule has 114 valence electrons. The smallest absolute Gasteiger partial charge is 0.0407 e. The topological polar surface area (TPSA) is 15.3 Å². The minimum Gasteiger partial charge on any atom is -0.371 e. The summed E-state index contributed by atoms with van der Waals surface area (Å²) in [5.74, 6) is 0.741. The molecule has 0 amide bonds. The molecule has 0 bridgehead atoms. The molecule has 2 nitrogen and oxygen atoms in total. The van der Waals surface area contributed by atoms with E-state index in [0.717, 1.165) is 37.1 Å². The number of anilines is 1. The van der Waals surface area contributed by atoms with Crippen LogP contribution in [0.1, 0.15) is 11.3 Å². The van der Waals surface area contributed by atoms with Crippen molar-refractivity contribution in [3.63, 3.8) is 0 Å². The van der Waals surface area contributed by atoms with E-state index in [-0.39, 0.29) is 12.4 Å². The average Bonchev–Trinajstić information content (AvgIpc) is 3.11. The maximum absolute atomic E-state index is 5.94. The summed E-state index contributed by atoms with van der Waals surface area (Å²) in [6.45, 7) is 4.38. The van der Waals surface area contributed by atoms with Gasteiger partial charge in [0, 0.05) is 41.8 Å². The molecule has 1 unspecified atom stereocenters. The maximum Gasteiger partial charge on any atom is 0.0407 e. The molecular weight excluding hydrogens is 323 g/mol. The van der Waals surface area contributed by atoms with E-state index in [1.54, 1.807) is 0 Å². The minimum absolute atomic E-state index is 0. The van der Waals surface area contributed by atoms with Crippen LogP contribution in [0, 0.1) is 5.92 Å². The van der Waals surface area contributed by atoms with Gasteiger partial charge in [0.1, 0.15) is 0 Å². The Bertz CT molecular complexity index is 528. The second kappa shape index (κ2) is 8.04. The zero-order valence-electron chi connectivity index (χ0n) is 11.8. The summed E-state index contributed by atoms with van der Waals surface area (Å²) in [7, 11) is 0. The van der Waals surface area contributed by atoms with E-state index >= 15 is 0 Å². The number of thiophene rings is 1. The fourth-order valence-electron chi connectivity index (χ4n) is 2.70. The summed E-state index contributed by atoms with van der Waals surface area (Å²) in [5.41, 5.74) is 1.29. The standard InChI is InChI=1S/C16H19ClN2S.ClH/c17-14-3-5-15(6-4-14)19-8-7-13(12-19)10-18-11-16-2-1-9-20-16;/h1-6,9,13,18H,7-8,10-12H2;1H. The number of hydrogen-bond donors (Lipinski definition) is 1. The van der Waals surface area contributed by atoms with Gasteiger partial charge >= 0.3 is 0 Å². The average molecular weight is 343 g/mol. The predicted molar refractivity (Wildman–Crippen MR) is 95.0 cm³/mol. The molecule has 0 aliphatic carbocycles. The Morgan fingerprint density at radius 1 is 1.24 bits per heavy atom. The number of rotatable bonds is 5. The van der Waals surface area contributed by atoms with Crippen molar-refractivity contribution in [2.75, 3.05) is 24.5 Å². The van der Waals surface area contributed by atoms with Crippen LogP contribution in [0.3, 0.4) is 0 Å². The molecule has 5 heteroatoms. The van der Waals surface area contributed by atoms with Crippen LogP contribution in [-0.4, -0.2) is 19.6 Å². The van der Waals surface area contributed by atoms with E-state index in [9.17, 15) is 0 Å². The lowest BCUT2D eigenvalue weighted by Crippen LogP contribution is -2.25. The Balaban J connectivity index is 0.00000161. The van der Waals surface area contributed by atoms with Gasteiger partial charge < -0.3 is 10.2 Å². The molecule has 0 saturated carbocycles. The molecule has 0 radical (unpaired) electrons. The summed E-state index contributed by atoms with van der Waals surface area (Å²) in [5, 5.41) is 6.51. The largest absolute Gasteiger partial charge is 0.371 e. The van der Waals surface area contributed by atoms with Crippen molar-refractivity contribution in [2.45, 2.75) is 13.0 Å². The molecule has 1 aliphatic heterocycles. The van der Waals surface area contributed by atoms with Crippen LogP contribution >= 0.6 is 35.3 Å². The zero-order valence-corrected chi connectivity index (χ0v) is 14.2. The summed E-state index contributed by atoms with van der Waals surface area (Å²) >= 11 is 7.76. The van der Waals surface area contributed by atoms with Crippen molar-refractivity contribution >= 4 is 41.0 Å². The molecule has 2 heterocycles. The van der Waals surface area contributed by atoms with Gasteiger partial charge in [-0.2, -0.15) is 0 Å².